The van der Waals surface area contributed by atoms with Crippen LogP contribution >= 0.6 is 23.2 Å². The Morgan fingerprint density at radius 1 is 0.905 bits per heavy atom. The molecule has 1 aliphatic heterocycles. The molecule has 42 heavy (non-hydrogen) atoms. The highest BCUT2D eigenvalue weighted by molar-refractivity contribution is 7.92. The maximum absolute atomic E-state index is 14.2. The smallest absolute Gasteiger partial charge is 0.244 e. The van der Waals surface area contributed by atoms with Crippen molar-refractivity contribution >= 4 is 50.7 Å². The van der Waals surface area contributed by atoms with Crippen molar-refractivity contribution in [3.05, 3.63) is 87.9 Å². The second-order valence-corrected chi connectivity index (χ2v) is 13.0. The number of hydrogen-bond donors (Lipinski definition) is 1. The molecule has 1 aliphatic rings. The van der Waals surface area contributed by atoms with E-state index in [1.165, 1.54) is 11.0 Å². The molecular formula is C30H33Cl2N3O6S. The van der Waals surface area contributed by atoms with Gasteiger partial charge >= 0.3 is 0 Å². The third-order valence-corrected chi connectivity index (χ3v) is 8.41. The van der Waals surface area contributed by atoms with Gasteiger partial charge in [0.05, 0.1) is 22.0 Å². The molecule has 9 nitrogen and oxygen atoms in total. The van der Waals surface area contributed by atoms with Crippen LogP contribution in [-0.4, -0.2) is 63.2 Å². The van der Waals surface area contributed by atoms with E-state index in [1.54, 1.807) is 30.3 Å². The third-order valence-electron chi connectivity index (χ3n) is 6.53. The van der Waals surface area contributed by atoms with Crippen molar-refractivity contribution in [3.8, 4) is 11.5 Å². The molecule has 0 unspecified atom stereocenters. The molecule has 0 radical (unpaired) electrons. The summed E-state index contributed by atoms with van der Waals surface area (Å²) in [6, 6.07) is 17.8. The second kappa shape index (κ2) is 13.7. The molecule has 4 rings (SSSR count). The maximum atomic E-state index is 14.2. The van der Waals surface area contributed by atoms with Crippen LogP contribution in [0.1, 0.15) is 25.0 Å². The van der Waals surface area contributed by atoms with E-state index in [9.17, 15) is 18.0 Å². The van der Waals surface area contributed by atoms with E-state index in [1.807, 2.05) is 44.2 Å². The zero-order chi connectivity index (χ0) is 30.4. The van der Waals surface area contributed by atoms with E-state index in [0.29, 0.717) is 40.3 Å². The van der Waals surface area contributed by atoms with Crippen LogP contribution < -0.4 is 19.1 Å². The normalized spacial score (nSPS) is 13.4. The second-order valence-electron chi connectivity index (χ2n) is 10.2. The molecule has 0 aliphatic carbocycles. The number of amides is 2. The number of rotatable bonds is 11. The Labute approximate surface area is 256 Å². The summed E-state index contributed by atoms with van der Waals surface area (Å²) in [4.78, 5) is 29.2. The first-order chi connectivity index (χ1) is 19.9. The van der Waals surface area contributed by atoms with Gasteiger partial charge < -0.3 is 19.7 Å². The number of carbonyl (C=O) groups excluding carboxylic acids is 2. The lowest BCUT2D eigenvalue weighted by Gasteiger charge is -2.34. The summed E-state index contributed by atoms with van der Waals surface area (Å²) >= 11 is 12.4. The summed E-state index contributed by atoms with van der Waals surface area (Å²) in [7, 11) is -3.93. The summed E-state index contributed by atoms with van der Waals surface area (Å²) < 4.78 is 38.2. The van der Waals surface area contributed by atoms with Gasteiger partial charge in [-0.1, -0.05) is 59.6 Å². The number of sulfonamides is 1. The van der Waals surface area contributed by atoms with Crippen molar-refractivity contribution in [2.75, 3.05) is 30.3 Å². The number of hydrogen-bond acceptors (Lipinski definition) is 6. The standard InChI is InChI=1S/C30H33Cl2N3O6S/c1-20(2)33-30(37)26(16-21-7-5-4-6-8-21)34(18-22-9-11-24(31)25(32)15-22)29(36)19-35(42(3,38)39)23-10-12-27-28(17-23)41-14-13-40-27/h4-12,15,17,20,26H,13-14,16,18-19H2,1-3H3,(H,33,37)/t26-/m1/s1. The highest BCUT2D eigenvalue weighted by atomic mass is 35.5. The molecule has 3 aromatic carbocycles. The largest absolute Gasteiger partial charge is 0.486 e. The first-order valence-electron chi connectivity index (χ1n) is 13.4. The number of fused-ring (bicyclic) bond motifs is 1. The van der Waals surface area contributed by atoms with E-state index < -0.39 is 28.5 Å². The summed E-state index contributed by atoms with van der Waals surface area (Å²) in [5.41, 5.74) is 1.69. The zero-order valence-electron chi connectivity index (χ0n) is 23.5. The minimum atomic E-state index is -3.93. The van der Waals surface area contributed by atoms with Gasteiger partial charge in [0.2, 0.25) is 21.8 Å². The van der Waals surface area contributed by atoms with Crippen molar-refractivity contribution in [1.29, 1.82) is 0 Å². The van der Waals surface area contributed by atoms with Gasteiger partial charge in [0, 0.05) is 25.1 Å². The van der Waals surface area contributed by atoms with E-state index in [2.05, 4.69) is 5.32 Å². The Morgan fingerprint density at radius 2 is 1.60 bits per heavy atom. The molecule has 0 spiro atoms. The van der Waals surface area contributed by atoms with E-state index in [0.717, 1.165) is 16.1 Å². The SMILES string of the molecule is CC(C)NC(=O)[C@@H](Cc1ccccc1)N(Cc1ccc(Cl)c(Cl)c1)C(=O)CN(c1ccc2c(c1)OCCO2)S(C)(=O)=O. The topological polar surface area (TPSA) is 105 Å². The zero-order valence-corrected chi connectivity index (χ0v) is 25.9. The van der Waals surface area contributed by atoms with Crippen LogP contribution in [0.4, 0.5) is 5.69 Å². The monoisotopic (exact) mass is 633 g/mol. The van der Waals surface area contributed by atoms with Gasteiger partial charge in [0.25, 0.3) is 0 Å². The van der Waals surface area contributed by atoms with Crippen LogP contribution in [0.15, 0.2) is 66.7 Å². The van der Waals surface area contributed by atoms with Crippen LogP contribution in [0.5, 0.6) is 11.5 Å². The highest BCUT2D eigenvalue weighted by Gasteiger charge is 2.33. The van der Waals surface area contributed by atoms with Gasteiger partial charge in [-0.15, -0.1) is 0 Å². The third kappa shape index (κ3) is 8.08. The summed E-state index contributed by atoms with van der Waals surface area (Å²) in [6.45, 7) is 3.78. The molecule has 12 heteroatoms. The van der Waals surface area contributed by atoms with Crippen molar-refractivity contribution in [2.45, 2.75) is 38.9 Å². The Kier molecular flexibility index (Phi) is 10.2. The fourth-order valence-corrected chi connectivity index (χ4v) is 5.73. The maximum Gasteiger partial charge on any atom is 0.244 e. The quantitative estimate of drug-likeness (QED) is 0.328. The number of ether oxygens (including phenoxy) is 2. The number of nitrogens with zero attached hydrogens (tertiary/aromatic N) is 2. The van der Waals surface area contributed by atoms with Crippen molar-refractivity contribution < 1.29 is 27.5 Å². The predicted molar refractivity (Wildman–Crippen MR) is 164 cm³/mol. The summed E-state index contributed by atoms with van der Waals surface area (Å²) in [5.74, 6) is -0.0844. The molecule has 3 aromatic rings. The van der Waals surface area contributed by atoms with Gasteiger partial charge in [-0.2, -0.15) is 0 Å². The lowest BCUT2D eigenvalue weighted by molar-refractivity contribution is -0.140. The lowest BCUT2D eigenvalue weighted by atomic mass is 10.0. The van der Waals surface area contributed by atoms with Gasteiger partial charge in [-0.3, -0.25) is 13.9 Å². The summed E-state index contributed by atoms with van der Waals surface area (Å²) in [5, 5.41) is 3.55. The number of nitrogens with one attached hydrogen (secondary N) is 1. The predicted octanol–water partition coefficient (Wildman–Crippen LogP) is 4.70. The molecule has 0 saturated carbocycles. The molecule has 0 aromatic heterocycles. The molecular weight excluding hydrogens is 601 g/mol. The molecule has 2 amide bonds. The Hall–Kier alpha value is -3.47. The van der Waals surface area contributed by atoms with Gasteiger partial charge in [0.15, 0.2) is 11.5 Å². The van der Waals surface area contributed by atoms with Crippen LogP contribution in [0, 0.1) is 0 Å². The Morgan fingerprint density at radius 3 is 2.24 bits per heavy atom. The number of anilines is 1. The van der Waals surface area contributed by atoms with Crippen molar-refractivity contribution in [2.24, 2.45) is 0 Å². The minimum Gasteiger partial charge on any atom is -0.486 e. The van der Waals surface area contributed by atoms with Crippen LogP contribution in [-0.2, 0) is 32.6 Å². The van der Waals surface area contributed by atoms with Crippen molar-refractivity contribution in [1.82, 2.24) is 10.2 Å². The molecule has 224 valence electrons. The van der Waals surface area contributed by atoms with Gasteiger partial charge in [-0.25, -0.2) is 8.42 Å². The van der Waals surface area contributed by atoms with Crippen molar-refractivity contribution in [3.63, 3.8) is 0 Å². The average Bonchev–Trinajstić information content (AvgIpc) is 2.94. The van der Waals surface area contributed by atoms with Crippen LogP contribution in [0.2, 0.25) is 10.0 Å². The van der Waals surface area contributed by atoms with E-state index in [4.69, 9.17) is 32.7 Å². The van der Waals surface area contributed by atoms with E-state index in [-0.39, 0.29) is 30.6 Å². The Bertz CT molecular complexity index is 1540. The molecule has 1 heterocycles. The van der Waals surface area contributed by atoms with Gasteiger partial charge in [0.1, 0.15) is 25.8 Å². The van der Waals surface area contributed by atoms with Crippen LogP contribution in [0.3, 0.4) is 0 Å². The fraction of sp³-hybridized carbons (Fsp3) is 0.333. The highest BCUT2D eigenvalue weighted by Crippen LogP contribution is 2.35. The molecule has 0 saturated heterocycles. The first kappa shape index (κ1) is 31.5. The molecule has 1 atom stereocenters. The average molecular weight is 635 g/mol. The first-order valence-corrected chi connectivity index (χ1v) is 16.0. The van der Waals surface area contributed by atoms with Gasteiger partial charge in [-0.05, 0) is 49.2 Å². The number of benzene rings is 3. The summed E-state index contributed by atoms with van der Waals surface area (Å²) in [6.07, 6.45) is 1.22. The molecule has 1 N–H and O–H groups in total. The number of carbonyl (C=O) groups is 2. The molecule has 0 bridgehead atoms. The Balaban J connectivity index is 1.74. The van der Waals surface area contributed by atoms with E-state index >= 15 is 0 Å². The number of halogens is 2. The fourth-order valence-electron chi connectivity index (χ4n) is 4.57. The lowest BCUT2D eigenvalue weighted by Crippen LogP contribution is -2.54. The minimum absolute atomic E-state index is 0.0164. The van der Waals surface area contributed by atoms with Crippen LogP contribution in [0.25, 0.3) is 0 Å². The molecule has 0 fully saturated rings.